The third-order valence-electron chi connectivity index (χ3n) is 4.33. The molecule has 4 rings (SSSR count). The van der Waals surface area contributed by atoms with Gasteiger partial charge in [0.2, 0.25) is 5.13 Å². The van der Waals surface area contributed by atoms with Gasteiger partial charge in [-0.25, -0.2) is 8.42 Å². The van der Waals surface area contributed by atoms with E-state index >= 15 is 0 Å². The van der Waals surface area contributed by atoms with Crippen molar-refractivity contribution < 1.29 is 18.1 Å². The summed E-state index contributed by atoms with van der Waals surface area (Å²) in [4.78, 5) is 22.3. The first kappa shape index (κ1) is 19.9. The Morgan fingerprint density at radius 1 is 1.13 bits per heavy atom. The Morgan fingerprint density at radius 3 is 2.53 bits per heavy atom. The summed E-state index contributed by atoms with van der Waals surface area (Å²) in [6, 6.07) is 10.5. The SMILES string of the molecule is O=C(Nc1nnc(C2CC2)s1)c1ccc(NS(=O)(=O)c2cccc([N+](=O)[O-])c2)cc1. The lowest BCUT2D eigenvalue weighted by molar-refractivity contribution is -0.385. The van der Waals surface area contributed by atoms with Crippen molar-refractivity contribution >= 4 is 43.8 Å². The van der Waals surface area contributed by atoms with Crippen LogP contribution in [0.1, 0.15) is 34.1 Å². The topological polar surface area (TPSA) is 144 Å². The van der Waals surface area contributed by atoms with Crippen LogP contribution in [-0.4, -0.2) is 29.4 Å². The van der Waals surface area contributed by atoms with Crippen molar-refractivity contribution in [2.45, 2.75) is 23.7 Å². The molecule has 0 saturated heterocycles. The summed E-state index contributed by atoms with van der Waals surface area (Å²) in [5.41, 5.74) is 0.202. The van der Waals surface area contributed by atoms with E-state index in [2.05, 4.69) is 20.2 Å². The maximum Gasteiger partial charge on any atom is 0.270 e. The molecule has 1 aliphatic rings. The van der Waals surface area contributed by atoms with Crippen molar-refractivity contribution in [3.8, 4) is 0 Å². The number of rotatable bonds is 7. The average Bonchev–Trinajstić information content (AvgIpc) is 3.47. The number of hydrogen-bond acceptors (Lipinski definition) is 8. The molecule has 1 aliphatic carbocycles. The molecule has 1 heterocycles. The number of nitro benzene ring substituents is 1. The monoisotopic (exact) mass is 445 g/mol. The molecule has 0 atom stereocenters. The Hall–Kier alpha value is -3.38. The molecular formula is C18H15N5O5S2. The number of aromatic nitrogens is 2. The first-order valence-electron chi connectivity index (χ1n) is 8.84. The minimum Gasteiger partial charge on any atom is -0.296 e. The van der Waals surface area contributed by atoms with Crippen molar-refractivity contribution in [3.05, 3.63) is 69.2 Å². The molecule has 1 fully saturated rings. The van der Waals surface area contributed by atoms with Crippen molar-refractivity contribution in [2.75, 3.05) is 10.0 Å². The second-order valence-electron chi connectivity index (χ2n) is 6.61. The molecule has 10 nitrogen and oxygen atoms in total. The van der Waals surface area contributed by atoms with E-state index in [1.807, 2.05) is 0 Å². The third-order valence-corrected chi connectivity index (χ3v) is 6.71. The predicted octanol–water partition coefficient (Wildman–Crippen LogP) is 3.38. The molecule has 0 unspecified atom stereocenters. The zero-order chi connectivity index (χ0) is 21.3. The number of nitrogens with one attached hydrogen (secondary N) is 2. The molecule has 0 radical (unpaired) electrons. The highest BCUT2D eigenvalue weighted by Gasteiger charge is 2.27. The van der Waals surface area contributed by atoms with E-state index in [1.54, 1.807) is 0 Å². The van der Waals surface area contributed by atoms with Crippen molar-refractivity contribution in [1.82, 2.24) is 10.2 Å². The van der Waals surface area contributed by atoms with Gasteiger partial charge in [0, 0.05) is 29.3 Å². The summed E-state index contributed by atoms with van der Waals surface area (Å²) in [7, 11) is -4.02. The van der Waals surface area contributed by atoms with Crippen molar-refractivity contribution in [3.63, 3.8) is 0 Å². The number of nitro groups is 1. The Bertz CT molecular complexity index is 1220. The number of non-ortho nitro benzene ring substituents is 1. The summed E-state index contributed by atoms with van der Waals surface area (Å²) in [5, 5.41) is 22.9. The van der Waals surface area contributed by atoms with E-state index in [1.165, 1.54) is 53.8 Å². The van der Waals surface area contributed by atoms with E-state index < -0.39 is 14.9 Å². The first-order chi connectivity index (χ1) is 14.3. The quantitative estimate of drug-likeness (QED) is 0.419. The van der Waals surface area contributed by atoms with Gasteiger partial charge in [0.1, 0.15) is 5.01 Å². The standard InChI is InChI=1S/C18H15N5O5S2/c24-16(19-18-21-20-17(29-18)12-4-5-12)11-6-8-13(9-7-11)22-30(27,28)15-3-1-2-14(10-15)23(25)26/h1-3,6-10,12,22H,4-5H2,(H,19,21,24). The van der Waals surface area contributed by atoms with E-state index in [4.69, 9.17) is 0 Å². The molecule has 0 spiro atoms. The highest BCUT2D eigenvalue weighted by molar-refractivity contribution is 7.92. The zero-order valence-corrected chi connectivity index (χ0v) is 16.9. The molecule has 1 aromatic heterocycles. The minimum absolute atomic E-state index is 0.213. The lowest BCUT2D eigenvalue weighted by atomic mass is 10.2. The minimum atomic E-state index is -4.02. The largest absolute Gasteiger partial charge is 0.296 e. The summed E-state index contributed by atoms with van der Waals surface area (Å²) in [6.45, 7) is 0. The number of carbonyl (C=O) groups is 1. The van der Waals surface area contributed by atoms with Crippen LogP contribution >= 0.6 is 11.3 Å². The van der Waals surface area contributed by atoms with Gasteiger partial charge in [-0.05, 0) is 43.2 Å². The van der Waals surface area contributed by atoms with Gasteiger partial charge < -0.3 is 0 Å². The van der Waals surface area contributed by atoms with Crippen molar-refractivity contribution in [1.29, 1.82) is 0 Å². The van der Waals surface area contributed by atoms with E-state index in [9.17, 15) is 23.3 Å². The third kappa shape index (κ3) is 4.44. The fourth-order valence-electron chi connectivity index (χ4n) is 2.62. The number of nitrogens with zero attached hydrogens (tertiary/aromatic N) is 3. The van der Waals surface area contributed by atoms with Crippen LogP contribution in [0.25, 0.3) is 0 Å². The molecule has 0 bridgehead atoms. The van der Waals surface area contributed by atoms with E-state index in [0.717, 1.165) is 23.9 Å². The molecule has 2 N–H and O–H groups in total. The van der Waals surface area contributed by atoms with Gasteiger partial charge in [0.25, 0.3) is 21.6 Å². The molecule has 3 aromatic rings. The van der Waals surface area contributed by atoms with Crippen LogP contribution in [0.5, 0.6) is 0 Å². The molecule has 30 heavy (non-hydrogen) atoms. The smallest absolute Gasteiger partial charge is 0.270 e. The molecule has 1 saturated carbocycles. The van der Waals surface area contributed by atoms with Crippen LogP contribution in [0.3, 0.4) is 0 Å². The maximum atomic E-state index is 12.5. The van der Waals surface area contributed by atoms with Crippen LogP contribution in [0, 0.1) is 10.1 Å². The van der Waals surface area contributed by atoms with Crippen LogP contribution in [0.15, 0.2) is 53.4 Å². The van der Waals surface area contributed by atoms with Crippen LogP contribution in [0.2, 0.25) is 0 Å². The van der Waals surface area contributed by atoms with Crippen LogP contribution < -0.4 is 10.0 Å². The zero-order valence-electron chi connectivity index (χ0n) is 15.3. The van der Waals surface area contributed by atoms with Crippen LogP contribution in [-0.2, 0) is 10.0 Å². The number of amides is 1. The van der Waals surface area contributed by atoms with Gasteiger partial charge >= 0.3 is 0 Å². The van der Waals surface area contributed by atoms with E-state index in [0.29, 0.717) is 16.6 Å². The Kier molecular flexibility index (Phi) is 5.18. The van der Waals surface area contributed by atoms with Gasteiger partial charge in [0.15, 0.2) is 0 Å². The van der Waals surface area contributed by atoms with Gasteiger partial charge in [-0.2, -0.15) is 0 Å². The number of carbonyl (C=O) groups excluding carboxylic acids is 1. The summed E-state index contributed by atoms with van der Waals surface area (Å²) in [5.74, 6) is 0.0631. The van der Waals surface area contributed by atoms with Crippen molar-refractivity contribution in [2.24, 2.45) is 0 Å². The fourth-order valence-corrected chi connectivity index (χ4v) is 4.62. The average molecular weight is 445 g/mol. The number of anilines is 2. The van der Waals surface area contributed by atoms with Gasteiger partial charge in [-0.15, -0.1) is 10.2 Å². The Balaban J connectivity index is 1.44. The summed E-state index contributed by atoms with van der Waals surface area (Å²) < 4.78 is 27.3. The second-order valence-corrected chi connectivity index (χ2v) is 9.30. The lowest BCUT2D eigenvalue weighted by Crippen LogP contribution is -2.14. The first-order valence-corrected chi connectivity index (χ1v) is 11.1. The summed E-state index contributed by atoms with van der Waals surface area (Å²) >= 11 is 1.34. The van der Waals surface area contributed by atoms with Gasteiger partial charge in [-0.1, -0.05) is 17.4 Å². The number of hydrogen-bond donors (Lipinski definition) is 2. The Morgan fingerprint density at radius 2 is 1.87 bits per heavy atom. The van der Waals surface area contributed by atoms with Gasteiger partial charge in [0.05, 0.1) is 9.82 Å². The molecule has 0 aliphatic heterocycles. The van der Waals surface area contributed by atoms with Gasteiger partial charge in [-0.3, -0.25) is 24.9 Å². The number of benzene rings is 2. The molecule has 154 valence electrons. The molecule has 12 heteroatoms. The van der Waals surface area contributed by atoms with E-state index in [-0.39, 0.29) is 22.2 Å². The van der Waals surface area contributed by atoms with Crippen LogP contribution in [0.4, 0.5) is 16.5 Å². The molecule has 1 amide bonds. The molecular weight excluding hydrogens is 430 g/mol. The Labute approximate surface area is 175 Å². The maximum absolute atomic E-state index is 12.5. The normalized spacial score (nSPS) is 13.6. The summed E-state index contributed by atoms with van der Waals surface area (Å²) in [6.07, 6.45) is 2.19. The number of sulfonamides is 1. The fraction of sp³-hybridized carbons (Fsp3) is 0.167. The highest BCUT2D eigenvalue weighted by atomic mass is 32.2. The predicted molar refractivity (Wildman–Crippen MR) is 110 cm³/mol. The molecule has 2 aromatic carbocycles. The lowest BCUT2D eigenvalue weighted by Gasteiger charge is -2.09. The highest BCUT2D eigenvalue weighted by Crippen LogP contribution is 2.42. The second kappa shape index (κ2) is 7.80.